The predicted molar refractivity (Wildman–Crippen MR) is 20.4 cm³/mol. The summed E-state index contributed by atoms with van der Waals surface area (Å²) >= 11 is 0. The van der Waals surface area contributed by atoms with Crippen molar-refractivity contribution in [1.82, 2.24) is 0 Å². The Morgan fingerprint density at radius 2 is 0.833 bits per heavy atom. The van der Waals surface area contributed by atoms with Crippen molar-refractivity contribution in [3.8, 4) is 0 Å². The van der Waals surface area contributed by atoms with Crippen LogP contribution in [-0.4, -0.2) is 77.1 Å². The van der Waals surface area contributed by atoms with Crippen LogP contribution in [0.15, 0.2) is 0 Å². The molecule has 0 aliphatic carbocycles. The van der Waals surface area contributed by atoms with Crippen LogP contribution in [0.2, 0.25) is 0 Å². The quantitative estimate of drug-likeness (QED) is 0.337. The van der Waals surface area contributed by atoms with E-state index in [1.807, 2.05) is 0 Å². The predicted octanol–water partition coefficient (Wildman–Crippen LogP) is -2.99. The van der Waals surface area contributed by atoms with Gasteiger partial charge >= 0.3 is 9.05 Å². The average Bonchev–Trinajstić information content (AvgIpc) is 0.722. The molecule has 0 aliphatic heterocycles. The molecule has 2 radical (unpaired) electrons. The normalized spacial score (nSPS) is 10.0. The van der Waals surface area contributed by atoms with Gasteiger partial charge in [-0.15, -0.1) is 0 Å². The van der Waals surface area contributed by atoms with Crippen molar-refractivity contribution < 1.29 is 19.2 Å². The van der Waals surface area contributed by atoms with Crippen molar-refractivity contribution in [2.45, 2.75) is 0 Å². The second kappa shape index (κ2) is 3.61. The Hall–Kier alpha value is 1.63. The first-order valence-corrected chi connectivity index (χ1v) is 2.68. The van der Waals surface area contributed by atoms with Crippen LogP contribution in [0.25, 0.3) is 0 Å². The zero-order chi connectivity index (χ0) is 4.50. The van der Waals surface area contributed by atoms with Gasteiger partial charge in [-0.2, -0.15) is 0 Å². The molecule has 0 aromatic carbocycles. The minimum atomic E-state index is -4.61. The van der Waals surface area contributed by atoms with Gasteiger partial charge in [-0.25, -0.2) is 0 Å². The maximum atomic E-state index is 7.33. The summed E-state index contributed by atoms with van der Waals surface area (Å²) in [4.78, 5) is 29.3. The topological polar surface area (TPSA) is 80.9 Å². The van der Waals surface area contributed by atoms with Crippen molar-refractivity contribution in [2.24, 2.45) is 0 Å². The third-order valence-electron chi connectivity index (χ3n) is 0. The molecule has 0 rings (SSSR count). The molecule has 0 aromatic rings. The number of hydrogen-bond acceptors (Lipinski definition) is 4. The van der Waals surface area contributed by atoms with Gasteiger partial charge in [0.1, 0.15) is 0 Å². The zero-order valence-corrected chi connectivity index (χ0v) is 8.44. The van der Waals surface area contributed by atoms with Crippen LogP contribution in [0.1, 0.15) is 0 Å². The van der Waals surface area contributed by atoms with E-state index < -0.39 is 9.05 Å². The summed E-state index contributed by atoms with van der Waals surface area (Å²) in [6.45, 7) is 0. The molecule has 6 heteroatoms. The van der Waals surface area contributed by atoms with E-state index in [0.717, 1.165) is 0 Å². The molecule has 0 bridgehead atoms. The van der Waals surface area contributed by atoms with Crippen LogP contribution < -0.4 is 0 Å². The maximum absolute atomic E-state index is 7.33. The molecule has 0 aromatic heterocycles. The van der Waals surface area contributed by atoms with Crippen molar-refractivity contribution in [2.75, 3.05) is 0 Å². The molecule has 0 atom stereocenters. The van der Waals surface area contributed by atoms with Crippen molar-refractivity contribution in [1.29, 1.82) is 0 Å². The first kappa shape index (κ1) is 10.6. The monoisotopic (exact) mass is 234 g/mol. The summed E-state index contributed by atoms with van der Waals surface area (Å²) in [5.41, 5.74) is 0. The van der Waals surface area contributed by atoms with Crippen LogP contribution >= 0.6 is 0 Å². The molecule has 0 heterocycles. The van der Waals surface area contributed by atoms with E-state index in [2.05, 4.69) is 0 Å². The van der Waals surface area contributed by atoms with E-state index in [4.69, 9.17) is 19.2 Å². The van der Waals surface area contributed by atoms with E-state index in [-0.39, 0.29) is 48.9 Å². The van der Waals surface area contributed by atoms with Gasteiger partial charge in [-0.1, -0.05) is 0 Å². The van der Waals surface area contributed by atoms with Crippen molar-refractivity contribution >= 4 is 57.9 Å². The van der Waals surface area contributed by atoms with Gasteiger partial charge in [0.25, 0.3) is 0 Å². The molecule has 0 aliphatic rings. The van der Waals surface area contributed by atoms with Gasteiger partial charge in [0.15, 0.2) is 0 Å². The summed E-state index contributed by atoms with van der Waals surface area (Å²) < 4.78 is 0. The zero-order valence-electron chi connectivity index (χ0n) is 3.00. The summed E-state index contributed by atoms with van der Waals surface area (Å²) in [5.74, 6) is 0. The van der Waals surface area contributed by atoms with Crippen molar-refractivity contribution in [3.05, 3.63) is 0 Å². The Kier molecular flexibility index (Phi) is 6.36. The summed E-state index contributed by atoms with van der Waals surface area (Å²) in [6.07, 6.45) is 0. The van der Waals surface area contributed by atoms with Gasteiger partial charge in [-0.3, -0.25) is 0 Å². The van der Waals surface area contributed by atoms with Gasteiger partial charge in [0, 0.05) is 48.9 Å². The fourth-order valence-electron chi connectivity index (χ4n) is 0. The van der Waals surface area contributed by atoms with E-state index in [9.17, 15) is 0 Å². The van der Waals surface area contributed by atoms with E-state index in [0.29, 0.717) is 0 Å². The van der Waals surface area contributed by atoms with Gasteiger partial charge in [-0.05, 0) is 0 Å². The largest absolute Gasteiger partial charge is 0.668 e. The maximum Gasteiger partial charge on any atom is 0.668 e. The van der Waals surface area contributed by atoms with Gasteiger partial charge in [0.05, 0.1) is 0 Å². The smallest absolute Gasteiger partial charge is 0.368 e. The average molecular weight is 233 g/mol. The van der Waals surface area contributed by atoms with Crippen LogP contribution in [0.5, 0.6) is 0 Å². The van der Waals surface area contributed by atoms with Crippen molar-refractivity contribution in [3.63, 3.8) is 0 Å². The molecule has 0 saturated carbocycles. The third-order valence-corrected chi connectivity index (χ3v) is 0. The van der Waals surface area contributed by atoms with Gasteiger partial charge < -0.3 is 19.2 Å². The second-order valence-electron chi connectivity index (χ2n) is 0.600. The molecule has 0 saturated heterocycles. The van der Waals surface area contributed by atoms with Crippen LogP contribution in [-0.2, 0) is 0 Å². The SMILES string of the molecule is O[Si](O)(O)O.[Ba]. The second-order valence-corrected chi connectivity index (χ2v) is 1.80. The minimum Gasteiger partial charge on any atom is -0.368 e. The fourth-order valence-corrected chi connectivity index (χ4v) is 0. The summed E-state index contributed by atoms with van der Waals surface area (Å²) in [7, 11) is -4.61. The van der Waals surface area contributed by atoms with Crippen LogP contribution in [0, 0.1) is 0 Å². The number of rotatable bonds is 0. The molecule has 0 spiro atoms. The molecule has 0 amide bonds. The third kappa shape index (κ3) is 45.5. The Labute approximate surface area is 76.0 Å². The fraction of sp³-hybridized carbons (Fsp3) is 0. The molecule has 6 heavy (non-hydrogen) atoms. The van der Waals surface area contributed by atoms with E-state index in [1.165, 1.54) is 0 Å². The van der Waals surface area contributed by atoms with E-state index >= 15 is 0 Å². The summed E-state index contributed by atoms with van der Waals surface area (Å²) in [6, 6.07) is 0. The Bertz CT molecular complexity index is 23.0. The molecular weight excluding hydrogens is 229 g/mol. The van der Waals surface area contributed by atoms with E-state index in [1.54, 1.807) is 0 Å². The molecule has 34 valence electrons. The number of hydrogen-bond donors (Lipinski definition) is 4. The molecule has 0 unspecified atom stereocenters. The molecule has 0 fully saturated rings. The first-order valence-electron chi connectivity index (χ1n) is 0.894. The molecule has 4 nitrogen and oxygen atoms in total. The first-order chi connectivity index (χ1) is 2.00. The molecule has 4 N–H and O–H groups in total. The Balaban J connectivity index is 0. The van der Waals surface area contributed by atoms with Crippen LogP contribution in [0.3, 0.4) is 0 Å². The Morgan fingerprint density at radius 1 is 0.833 bits per heavy atom. The summed E-state index contributed by atoms with van der Waals surface area (Å²) in [5, 5.41) is 0. The van der Waals surface area contributed by atoms with Gasteiger partial charge in [0.2, 0.25) is 0 Å². The standard InChI is InChI=1S/Ba.H4O4Si/c;1-5(2,3)4/h;1-4H. The molecular formula is H4BaO4Si. The minimum absolute atomic E-state index is 0. The Morgan fingerprint density at radius 3 is 0.833 bits per heavy atom. The van der Waals surface area contributed by atoms with Crippen LogP contribution in [0.4, 0.5) is 0 Å².